The molecule has 0 N–H and O–H groups in total. The molecular weight excluding hydrogens is 408 g/mol. The van der Waals surface area contributed by atoms with Gasteiger partial charge in [0.15, 0.2) is 0 Å². The summed E-state index contributed by atoms with van der Waals surface area (Å²) in [6.45, 7) is 1.79. The van der Waals surface area contributed by atoms with Crippen LogP contribution in [0.2, 0.25) is 0 Å². The van der Waals surface area contributed by atoms with Crippen LogP contribution in [-0.2, 0) is 9.53 Å². The number of hydrogen-bond acceptors (Lipinski definition) is 6. The summed E-state index contributed by atoms with van der Waals surface area (Å²) < 4.78 is 21.7. The zero-order valence-corrected chi connectivity index (χ0v) is 18.0. The molecule has 6 nitrogen and oxygen atoms in total. The quantitative estimate of drug-likeness (QED) is 0.314. The fourth-order valence-corrected chi connectivity index (χ4v) is 3.59. The lowest BCUT2D eigenvalue weighted by Gasteiger charge is -2.19. The Morgan fingerprint density at radius 3 is 2.31 bits per heavy atom. The molecule has 0 aliphatic carbocycles. The molecule has 162 valence electrons. The Morgan fingerprint density at radius 2 is 1.66 bits per heavy atom. The Bertz CT molecular complexity index is 1310. The van der Waals surface area contributed by atoms with E-state index in [2.05, 4.69) is 0 Å². The standard InChI is InChI=1S/C26H22O6/c1-16-22(31-25(26(28)30-3)18-7-5-4-6-8-18)14-13-20-21(15-23(27)32-24(16)20)17-9-11-19(29-2)12-10-17/h4-15,25H,1-3H3. The van der Waals surface area contributed by atoms with Crippen LogP contribution >= 0.6 is 0 Å². The highest BCUT2D eigenvalue weighted by atomic mass is 16.6. The fraction of sp³-hybridized carbons (Fsp3) is 0.154. The van der Waals surface area contributed by atoms with Gasteiger partial charge in [0.25, 0.3) is 0 Å². The molecule has 0 aliphatic rings. The molecule has 3 aromatic carbocycles. The molecule has 0 amide bonds. The number of carbonyl (C=O) groups excluding carboxylic acids is 1. The van der Waals surface area contributed by atoms with Crippen molar-refractivity contribution in [3.63, 3.8) is 0 Å². The van der Waals surface area contributed by atoms with Gasteiger partial charge in [-0.05, 0) is 42.3 Å². The van der Waals surface area contributed by atoms with E-state index < -0.39 is 17.7 Å². The van der Waals surface area contributed by atoms with Gasteiger partial charge in [0.05, 0.1) is 14.2 Å². The lowest BCUT2D eigenvalue weighted by Crippen LogP contribution is -2.20. The SMILES string of the molecule is COC(=O)C(Oc1ccc2c(-c3ccc(OC)cc3)cc(=O)oc2c1C)c1ccccc1. The summed E-state index contributed by atoms with van der Waals surface area (Å²) in [6.07, 6.45) is -0.950. The van der Waals surface area contributed by atoms with Gasteiger partial charge < -0.3 is 18.6 Å². The topological polar surface area (TPSA) is 75.0 Å². The van der Waals surface area contributed by atoms with Crippen LogP contribution in [0.3, 0.4) is 0 Å². The van der Waals surface area contributed by atoms with Crippen LogP contribution in [0.1, 0.15) is 17.2 Å². The van der Waals surface area contributed by atoms with Crippen molar-refractivity contribution in [1.82, 2.24) is 0 Å². The Labute approximate surface area is 185 Å². The van der Waals surface area contributed by atoms with Crippen LogP contribution in [0.4, 0.5) is 0 Å². The highest BCUT2D eigenvalue weighted by molar-refractivity contribution is 5.95. The highest BCUT2D eigenvalue weighted by Crippen LogP contribution is 2.35. The van der Waals surface area contributed by atoms with E-state index in [-0.39, 0.29) is 0 Å². The summed E-state index contributed by atoms with van der Waals surface area (Å²) in [5, 5.41) is 0.758. The van der Waals surface area contributed by atoms with E-state index in [9.17, 15) is 9.59 Å². The summed E-state index contributed by atoms with van der Waals surface area (Å²) in [6, 6.07) is 21.6. The van der Waals surface area contributed by atoms with Gasteiger partial charge in [-0.25, -0.2) is 9.59 Å². The smallest absolute Gasteiger partial charge is 0.351 e. The first-order chi connectivity index (χ1) is 15.5. The lowest BCUT2D eigenvalue weighted by atomic mass is 10.00. The van der Waals surface area contributed by atoms with Crippen LogP contribution in [0.15, 0.2) is 82.0 Å². The van der Waals surface area contributed by atoms with Crippen LogP contribution in [0.5, 0.6) is 11.5 Å². The minimum absolute atomic E-state index is 0.400. The molecule has 4 aromatic rings. The third-order valence-corrected chi connectivity index (χ3v) is 5.27. The van der Waals surface area contributed by atoms with Crippen molar-refractivity contribution in [1.29, 1.82) is 0 Å². The predicted octanol–water partition coefficient (Wildman–Crippen LogP) is 5.07. The molecule has 1 unspecified atom stereocenters. The largest absolute Gasteiger partial charge is 0.497 e. The maximum Gasteiger partial charge on any atom is 0.351 e. The van der Waals surface area contributed by atoms with E-state index in [1.807, 2.05) is 48.5 Å². The Morgan fingerprint density at radius 1 is 0.938 bits per heavy atom. The predicted molar refractivity (Wildman–Crippen MR) is 121 cm³/mol. The average molecular weight is 430 g/mol. The van der Waals surface area contributed by atoms with Crippen molar-refractivity contribution in [3.05, 3.63) is 94.3 Å². The molecule has 0 spiro atoms. The van der Waals surface area contributed by atoms with E-state index >= 15 is 0 Å². The summed E-state index contributed by atoms with van der Waals surface area (Å²) in [4.78, 5) is 24.8. The van der Waals surface area contributed by atoms with Crippen LogP contribution in [0, 0.1) is 6.92 Å². The van der Waals surface area contributed by atoms with Gasteiger partial charge in [-0.1, -0.05) is 42.5 Å². The Hall–Kier alpha value is -4.06. The van der Waals surface area contributed by atoms with Crippen molar-refractivity contribution in [2.24, 2.45) is 0 Å². The van der Waals surface area contributed by atoms with Crippen molar-refractivity contribution in [2.45, 2.75) is 13.0 Å². The molecule has 0 saturated carbocycles. The van der Waals surface area contributed by atoms with Crippen molar-refractivity contribution < 1.29 is 23.4 Å². The third kappa shape index (κ3) is 4.07. The number of carbonyl (C=O) groups is 1. The van der Waals surface area contributed by atoms with Gasteiger partial charge in [0.2, 0.25) is 6.10 Å². The van der Waals surface area contributed by atoms with Crippen LogP contribution < -0.4 is 15.1 Å². The molecule has 0 aliphatic heterocycles. The van der Waals surface area contributed by atoms with Gasteiger partial charge in [0, 0.05) is 22.6 Å². The van der Waals surface area contributed by atoms with Crippen LogP contribution in [0.25, 0.3) is 22.1 Å². The zero-order valence-electron chi connectivity index (χ0n) is 18.0. The molecule has 32 heavy (non-hydrogen) atoms. The molecule has 0 bridgehead atoms. The average Bonchev–Trinajstić information content (AvgIpc) is 2.83. The third-order valence-electron chi connectivity index (χ3n) is 5.27. The van der Waals surface area contributed by atoms with Crippen molar-refractivity contribution in [2.75, 3.05) is 14.2 Å². The molecule has 1 aromatic heterocycles. The minimum atomic E-state index is -0.950. The van der Waals surface area contributed by atoms with Crippen molar-refractivity contribution >= 4 is 16.9 Å². The first-order valence-corrected chi connectivity index (χ1v) is 10.0. The Kier molecular flexibility index (Phi) is 5.94. The van der Waals surface area contributed by atoms with E-state index in [1.54, 1.807) is 32.2 Å². The molecular formula is C26H22O6. The summed E-state index contributed by atoms with van der Waals surface area (Å²) in [5.74, 6) is 0.624. The van der Waals surface area contributed by atoms with E-state index in [0.717, 1.165) is 22.3 Å². The molecule has 1 heterocycles. The van der Waals surface area contributed by atoms with Crippen molar-refractivity contribution in [3.8, 4) is 22.6 Å². The number of aryl methyl sites for hydroxylation is 1. The monoisotopic (exact) mass is 430 g/mol. The molecule has 0 fully saturated rings. The minimum Gasteiger partial charge on any atom is -0.497 e. The van der Waals surface area contributed by atoms with Gasteiger partial charge >= 0.3 is 11.6 Å². The number of benzene rings is 3. The first-order valence-electron chi connectivity index (χ1n) is 10.0. The number of ether oxygens (including phenoxy) is 3. The van der Waals surface area contributed by atoms with Gasteiger partial charge in [-0.3, -0.25) is 0 Å². The molecule has 0 radical (unpaired) electrons. The second kappa shape index (κ2) is 8.98. The number of esters is 1. The summed E-state index contributed by atoms with van der Waals surface area (Å²) >= 11 is 0. The number of methoxy groups -OCH3 is 2. The van der Waals surface area contributed by atoms with E-state index in [1.165, 1.54) is 13.2 Å². The maximum absolute atomic E-state index is 12.4. The fourth-order valence-electron chi connectivity index (χ4n) is 3.59. The maximum atomic E-state index is 12.4. The molecule has 6 heteroatoms. The number of hydrogen-bond donors (Lipinski definition) is 0. The first kappa shape index (κ1) is 21.2. The van der Waals surface area contributed by atoms with Crippen LogP contribution in [-0.4, -0.2) is 20.2 Å². The number of fused-ring (bicyclic) bond motifs is 1. The molecule has 1 atom stereocenters. The molecule has 0 saturated heterocycles. The van der Waals surface area contributed by atoms with E-state index in [4.69, 9.17) is 18.6 Å². The number of rotatable bonds is 6. The van der Waals surface area contributed by atoms with E-state index in [0.29, 0.717) is 22.5 Å². The van der Waals surface area contributed by atoms with Gasteiger partial charge in [0.1, 0.15) is 17.1 Å². The van der Waals surface area contributed by atoms with Gasteiger partial charge in [-0.15, -0.1) is 0 Å². The normalized spacial score (nSPS) is 11.7. The van der Waals surface area contributed by atoms with Gasteiger partial charge in [-0.2, -0.15) is 0 Å². The summed E-state index contributed by atoms with van der Waals surface area (Å²) in [5.41, 5.74) is 2.79. The second-order valence-electron chi connectivity index (χ2n) is 7.20. The zero-order chi connectivity index (χ0) is 22.7. The Balaban J connectivity index is 1.80. The second-order valence-corrected chi connectivity index (χ2v) is 7.20. The summed E-state index contributed by atoms with van der Waals surface area (Å²) in [7, 11) is 2.92. The lowest BCUT2D eigenvalue weighted by molar-refractivity contribution is -0.149. The molecule has 4 rings (SSSR count). The highest BCUT2D eigenvalue weighted by Gasteiger charge is 2.25.